The summed E-state index contributed by atoms with van der Waals surface area (Å²) in [7, 11) is 1.38. The number of rotatable bonds is 4. The van der Waals surface area contributed by atoms with Crippen LogP contribution in [0.3, 0.4) is 0 Å². The van der Waals surface area contributed by atoms with Gasteiger partial charge in [0.25, 0.3) is 11.5 Å². The van der Waals surface area contributed by atoms with Crippen molar-refractivity contribution >= 4 is 11.9 Å². The highest BCUT2D eigenvalue weighted by molar-refractivity contribution is 5.92. The topological polar surface area (TPSA) is 122 Å². The number of amides is 1. The number of nitrogens with zero attached hydrogens (tertiary/aromatic N) is 2. The van der Waals surface area contributed by atoms with E-state index in [0.717, 1.165) is 17.7 Å². The minimum Gasteiger partial charge on any atom is -0.479 e. The number of aliphatic hydroxyl groups is 1. The first kappa shape index (κ1) is 13.8. The molecule has 0 aliphatic carbocycles. The van der Waals surface area contributed by atoms with Crippen LogP contribution in [0.15, 0.2) is 16.9 Å². The SMILES string of the molecule is Cn1nc(C(=O)NCC(C)(O)C(=O)O)ccc1=O. The van der Waals surface area contributed by atoms with Gasteiger partial charge in [-0.3, -0.25) is 9.59 Å². The van der Waals surface area contributed by atoms with E-state index in [-0.39, 0.29) is 11.3 Å². The number of carbonyl (C=O) groups is 2. The molecule has 0 aromatic carbocycles. The van der Waals surface area contributed by atoms with E-state index in [2.05, 4.69) is 10.4 Å². The number of carbonyl (C=O) groups excluding carboxylic acids is 1. The maximum atomic E-state index is 11.6. The summed E-state index contributed by atoms with van der Waals surface area (Å²) in [6.45, 7) is 0.593. The van der Waals surface area contributed by atoms with Crippen molar-refractivity contribution in [1.29, 1.82) is 0 Å². The van der Waals surface area contributed by atoms with Crippen molar-refractivity contribution < 1.29 is 19.8 Å². The molecule has 0 saturated carbocycles. The lowest BCUT2D eigenvalue weighted by atomic mass is 10.1. The van der Waals surface area contributed by atoms with Gasteiger partial charge in [0.15, 0.2) is 5.60 Å². The van der Waals surface area contributed by atoms with Gasteiger partial charge in [-0.25, -0.2) is 9.48 Å². The second kappa shape index (κ2) is 4.96. The molecule has 18 heavy (non-hydrogen) atoms. The van der Waals surface area contributed by atoms with Crippen molar-refractivity contribution in [3.63, 3.8) is 0 Å². The van der Waals surface area contributed by atoms with Crippen LogP contribution in [0.25, 0.3) is 0 Å². The molecule has 1 amide bonds. The van der Waals surface area contributed by atoms with Gasteiger partial charge in [-0.05, 0) is 13.0 Å². The molecule has 3 N–H and O–H groups in total. The summed E-state index contributed by atoms with van der Waals surface area (Å²) in [5, 5.41) is 23.9. The van der Waals surface area contributed by atoms with Crippen LogP contribution in [0.5, 0.6) is 0 Å². The predicted molar refractivity (Wildman–Crippen MR) is 60.1 cm³/mol. The van der Waals surface area contributed by atoms with Crippen molar-refractivity contribution in [3.05, 3.63) is 28.2 Å². The van der Waals surface area contributed by atoms with Gasteiger partial charge < -0.3 is 15.5 Å². The molecule has 1 atom stereocenters. The third-order valence-electron chi connectivity index (χ3n) is 2.25. The molecule has 0 spiro atoms. The van der Waals surface area contributed by atoms with Gasteiger partial charge in [-0.15, -0.1) is 0 Å². The van der Waals surface area contributed by atoms with E-state index in [1.807, 2.05) is 0 Å². The molecule has 1 aromatic rings. The predicted octanol–water partition coefficient (Wildman–Crippen LogP) is -1.65. The van der Waals surface area contributed by atoms with Crippen LogP contribution >= 0.6 is 0 Å². The van der Waals surface area contributed by atoms with Crippen molar-refractivity contribution in [2.75, 3.05) is 6.54 Å². The molecular formula is C10H13N3O5. The van der Waals surface area contributed by atoms with Crippen molar-refractivity contribution in [2.24, 2.45) is 7.05 Å². The largest absolute Gasteiger partial charge is 0.479 e. The molecule has 1 aromatic heterocycles. The Balaban J connectivity index is 2.75. The Morgan fingerprint density at radius 2 is 2.11 bits per heavy atom. The lowest BCUT2D eigenvalue weighted by molar-refractivity contribution is -0.155. The number of aliphatic carboxylic acids is 1. The fourth-order valence-electron chi connectivity index (χ4n) is 1.04. The summed E-state index contributed by atoms with van der Waals surface area (Å²) in [5.41, 5.74) is -2.47. The van der Waals surface area contributed by atoms with Crippen molar-refractivity contribution in [1.82, 2.24) is 15.1 Å². The van der Waals surface area contributed by atoms with Gasteiger partial charge in [0, 0.05) is 13.1 Å². The van der Waals surface area contributed by atoms with Crippen LogP contribution in [0.2, 0.25) is 0 Å². The first-order valence-corrected chi connectivity index (χ1v) is 5.02. The smallest absolute Gasteiger partial charge is 0.337 e. The summed E-state index contributed by atoms with van der Waals surface area (Å²) in [6.07, 6.45) is 0. The van der Waals surface area contributed by atoms with Gasteiger partial charge >= 0.3 is 5.97 Å². The molecule has 8 heteroatoms. The first-order valence-electron chi connectivity index (χ1n) is 5.02. The van der Waals surface area contributed by atoms with E-state index in [4.69, 9.17) is 5.11 Å². The third kappa shape index (κ3) is 3.14. The van der Waals surface area contributed by atoms with Crippen LogP contribution in [-0.2, 0) is 11.8 Å². The number of carboxylic acids is 1. The Labute approximate surface area is 102 Å². The lowest BCUT2D eigenvalue weighted by Gasteiger charge is -2.17. The minimum atomic E-state index is -2.06. The Hall–Kier alpha value is -2.22. The molecular weight excluding hydrogens is 242 g/mol. The lowest BCUT2D eigenvalue weighted by Crippen LogP contribution is -2.46. The second-order valence-electron chi connectivity index (χ2n) is 3.94. The normalized spacial score (nSPS) is 13.7. The number of hydrogen-bond donors (Lipinski definition) is 3. The highest BCUT2D eigenvalue weighted by atomic mass is 16.4. The van der Waals surface area contributed by atoms with E-state index in [9.17, 15) is 19.5 Å². The molecule has 0 fully saturated rings. The van der Waals surface area contributed by atoms with Gasteiger partial charge in [0.2, 0.25) is 0 Å². The van der Waals surface area contributed by atoms with Gasteiger partial charge in [0.1, 0.15) is 5.69 Å². The van der Waals surface area contributed by atoms with Gasteiger partial charge in [-0.1, -0.05) is 0 Å². The number of carboxylic acid groups (broad SMARTS) is 1. The minimum absolute atomic E-state index is 0.0433. The highest BCUT2D eigenvalue weighted by Gasteiger charge is 2.30. The molecule has 8 nitrogen and oxygen atoms in total. The van der Waals surface area contributed by atoms with Gasteiger partial charge in [-0.2, -0.15) is 5.10 Å². The summed E-state index contributed by atoms with van der Waals surface area (Å²) in [6, 6.07) is 2.38. The molecule has 0 saturated heterocycles. The average Bonchev–Trinajstić information content (AvgIpc) is 2.29. The van der Waals surface area contributed by atoms with E-state index >= 15 is 0 Å². The van der Waals surface area contributed by atoms with Crippen LogP contribution in [0.4, 0.5) is 0 Å². The fourth-order valence-corrected chi connectivity index (χ4v) is 1.04. The van der Waals surface area contributed by atoms with Crippen LogP contribution in [-0.4, -0.2) is 44.0 Å². The quantitative estimate of drug-likeness (QED) is 0.592. The zero-order valence-corrected chi connectivity index (χ0v) is 9.88. The van der Waals surface area contributed by atoms with Crippen molar-refractivity contribution in [3.8, 4) is 0 Å². The molecule has 0 bridgehead atoms. The second-order valence-corrected chi connectivity index (χ2v) is 3.94. The Bertz CT molecular complexity index is 535. The summed E-state index contributed by atoms with van der Waals surface area (Å²) >= 11 is 0. The maximum absolute atomic E-state index is 11.6. The number of hydrogen-bond acceptors (Lipinski definition) is 5. The summed E-state index contributed by atoms with van der Waals surface area (Å²) in [4.78, 5) is 33.2. The number of aromatic nitrogens is 2. The van der Waals surface area contributed by atoms with Crippen molar-refractivity contribution in [2.45, 2.75) is 12.5 Å². The zero-order valence-electron chi connectivity index (χ0n) is 9.88. The number of nitrogens with one attached hydrogen (secondary N) is 1. The van der Waals surface area contributed by atoms with E-state index < -0.39 is 24.0 Å². The summed E-state index contributed by atoms with van der Waals surface area (Å²) < 4.78 is 0.976. The fraction of sp³-hybridized carbons (Fsp3) is 0.400. The van der Waals surface area contributed by atoms with E-state index in [0.29, 0.717) is 0 Å². The van der Waals surface area contributed by atoms with E-state index in [1.54, 1.807) is 0 Å². The molecule has 1 heterocycles. The Morgan fingerprint density at radius 3 is 2.61 bits per heavy atom. The average molecular weight is 255 g/mol. The molecule has 0 aliphatic heterocycles. The van der Waals surface area contributed by atoms with E-state index in [1.165, 1.54) is 13.1 Å². The number of aryl methyl sites for hydroxylation is 1. The van der Waals surface area contributed by atoms with Crippen LogP contribution < -0.4 is 10.9 Å². The maximum Gasteiger partial charge on any atom is 0.337 e. The van der Waals surface area contributed by atoms with Crippen LogP contribution in [0.1, 0.15) is 17.4 Å². The molecule has 98 valence electrons. The molecule has 1 rings (SSSR count). The zero-order chi connectivity index (χ0) is 13.9. The molecule has 1 unspecified atom stereocenters. The molecule has 0 radical (unpaired) electrons. The Morgan fingerprint density at radius 1 is 1.50 bits per heavy atom. The monoisotopic (exact) mass is 255 g/mol. The third-order valence-corrected chi connectivity index (χ3v) is 2.25. The summed E-state index contributed by atoms with van der Waals surface area (Å²) in [5.74, 6) is -2.12. The molecule has 0 aliphatic rings. The first-order chi connectivity index (χ1) is 8.24. The van der Waals surface area contributed by atoms with Gasteiger partial charge in [0.05, 0.1) is 6.54 Å². The Kier molecular flexibility index (Phi) is 3.82. The highest BCUT2D eigenvalue weighted by Crippen LogP contribution is 2.01. The standard InChI is InChI=1S/C10H13N3O5/c1-10(18,9(16)17)5-11-8(15)6-3-4-7(14)13(2)12-6/h3-4,18H,5H2,1-2H3,(H,11,15)(H,16,17). The van der Waals surface area contributed by atoms with Crippen LogP contribution in [0, 0.1) is 0 Å².